The van der Waals surface area contributed by atoms with Gasteiger partial charge in [-0.1, -0.05) is 5.16 Å². The Morgan fingerprint density at radius 1 is 1.08 bits per heavy atom. The van der Waals surface area contributed by atoms with Gasteiger partial charge >= 0.3 is 12.2 Å². The molecule has 1 aromatic carbocycles. The summed E-state index contributed by atoms with van der Waals surface area (Å²) in [6, 6.07) is 1.79. The first-order chi connectivity index (χ1) is 17.6. The average Bonchev–Trinajstić information content (AvgIpc) is 3.75. The van der Waals surface area contributed by atoms with Gasteiger partial charge < -0.3 is 20.1 Å². The van der Waals surface area contributed by atoms with Crippen LogP contribution in [-0.4, -0.2) is 31.9 Å². The van der Waals surface area contributed by atoms with Crippen LogP contribution in [0.25, 0.3) is 22.2 Å². The zero-order chi connectivity index (χ0) is 26.1. The van der Waals surface area contributed by atoms with Crippen molar-refractivity contribution in [2.75, 3.05) is 16.4 Å². The van der Waals surface area contributed by atoms with Gasteiger partial charge in [0.15, 0.2) is 0 Å². The van der Waals surface area contributed by atoms with Crippen LogP contribution in [0.1, 0.15) is 37.4 Å². The second-order valence-corrected chi connectivity index (χ2v) is 9.19. The summed E-state index contributed by atoms with van der Waals surface area (Å²) in [6.45, 7) is 0. The summed E-state index contributed by atoms with van der Waals surface area (Å²) >= 11 is 0. The predicted octanol–water partition coefficient (Wildman–Crippen LogP) is 5.52. The van der Waals surface area contributed by atoms with Gasteiger partial charge in [-0.05, 0) is 31.7 Å². The number of nitrogens with one attached hydrogen (secondary N) is 2. The van der Waals surface area contributed by atoms with Gasteiger partial charge in [0.25, 0.3) is 0 Å². The summed E-state index contributed by atoms with van der Waals surface area (Å²) in [5.74, 6) is -2.06. The lowest BCUT2D eigenvalue weighted by molar-refractivity contribution is -0.161. The quantitative estimate of drug-likeness (QED) is 0.298. The predicted molar refractivity (Wildman–Crippen MR) is 122 cm³/mol. The minimum absolute atomic E-state index is 0.101. The fourth-order valence-corrected chi connectivity index (χ4v) is 4.43. The van der Waals surface area contributed by atoms with E-state index in [9.17, 15) is 22.4 Å². The number of fused-ring (bicyclic) bond motifs is 1. The molecule has 0 bridgehead atoms. The third kappa shape index (κ3) is 3.83. The van der Waals surface area contributed by atoms with Crippen LogP contribution < -0.4 is 16.4 Å². The van der Waals surface area contributed by atoms with E-state index < -0.39 is 34.9 Å². The number of carbonyl (C=O) groups excluding carboxylic acids is 1. The number of anilines is 3. The molecular formula is C23H18F5N7O2. The molecule has 0 unspecified atom stereocenters. The summed E-state index contributed by atoms with van der Waals surface area (Å²) in [5, 5.41) is 8.06. The van der Waals surface area contributed by atoms with Gasteiger partial charge in [-0.3, -0.25) is 5.32 Å². The standard InChI is InChI=1S/C23H18F5N7O2/c24-13-6-15(32-21(36)33-17-7-16(34-37-17)22(3-4-22)23(26,27)28)14(25)5-11(13)12-8-35(10-1-2-10)20-18(12)19(29)30-9-31-20/h5-10H,1-4H2,(H2,29,30,31)(H2,32,33,36). The molecule has 14 heteroatoms. The van der Waals surface area contributed by atoms with Crippen molar-refractivity contribution in [3.63, 3.8) is 0 Å². The largest absolute Gasteiger partial charge is 0.400 e. The monoisotopic (exact) mass is 519 g/mol. The first-order valence-corrected chi connectivity index (χ1v) is 11.3. The Morgan fingerprint density at radius 3 is 2.51 bits per heavy atom. The third-order valence-corrected chi connectivity index (χ3v) is 6.70. The number of carbonyl (C=O) groups is 1. The molecule has 2 aliphatic carbocycles. The molecule has 192 valence electrons. The summed E-state index contributed by atoms with van der Waals surface area (Å²) in [4.78, 5) is 20.5. The lowest BCUT2D eigenvalue weighted by atomic mass is 10.0. The van der Waals surface area contributed by atoms with Crippen molar-refractivity contribution in [3.8, 4) is 11.1 Å². The van der Waals surface area contributed by atoms with Crippen LogP contribution in [0.4, 0.5) is 44.1 Å². The summed E-state index contributed by atoms with van der Waals surface area (Å²) in [6.07, 6.45) is 0.0183. The second kappa shape index (κ2) is 7.88. The maximum Gasteiger partial charge on any atom is 0.400 e. The van der Waals surface area contributed by atoms with Crippen LogP contribution in [-0.2, 0) is 5.41 Å². The molecule has 0 spiro atoms. The zero-order valence-electron chi connectivity index (χ0n) is 18.9. The smallest absolute Gasteiger partial charge is 0.383 e. The molecule has 2 aliphatic rings. The molecule has 0 atom stereocenters. The van der Waals surface area contributed by atoms with Crippen LogP contribution >= 0.6 is 0 Å². The molecule has 6 rings (SSSR count). The molecule has 0 aliphatic heterocycles. The minimum Gasteiger partial charge on any atom is -0.383 e. The SMILES string of the molecule is Nc1ncnc2c1c(-c1cc(F)c(NC(=O)Nc3cc(C4(C(F)(F)F)CC4)no3)cc1F)cn2C1CC1. The van der Waals surface area contributed by atoms with Gasteiger partial charge in [0.2, 0.25) is 5.88 Å². The number of nitrogens with two attached hydrogens (primary N) is 1. The Bertz CT molecular complexity index is 1550. The Morgan fingerprint density at radius 2 is 1.84 bits per heavy atom. The molecular weight excluding hydrogens is 501 g/mol. The van der Waals surface area contributed by atoms with E-state index >= 15 is 4.39 Å². The van der Waals surface area contributed by atoms with Crippen LogP contribution in [0.3, 0.4) is 0 Å². The lowest BCUT2D eigenvalue weighted by Gasteiger charge is -2.15. The molecule has 3 aromatic heterocycles. The van der Waals surface area contributed by atoms with Gasteiger partial charge in [0.1, 0.15) is 40.5 Å². The lowest BCUT2D eigenvalue weighted by Crippen LogP contribution is -2.28. The van der Waals surface area contributed by atoms with Crippen molar-refractivity contribution in [1.82, 2.24) is 19.7 Å². The Balaban J connectivity index is 1.24. The van der Waals surface area contributed by atoms with Crippen LogP contribution in [0.5, 0.6) is 0 Å². The Hall–Kier alpha value is -4.23. The molecule has 3 heterocycles. The van der Waals surface area contributed by atoms with E-state index in [1.54, 1.807) is 6.20 Å². The zero-order valence-corrected chi connectivity index (χ0v) is 18.9. The number of hydrogen-bond acceptors (Lipinski definition) is 6. The van der Waals surface area contributed by atoms with Crippen molar-refractivity contribution in [3.05, 3.63) is 48.1 Å². The van der Waals surface area contributed by atoms with E-state index in [0.717, 1.165) is 31.0 Å². The number of aromatic nitrogens is 4. The highest BCUT2D eigenvalue weighted by Gasteiger charge is 2.66. The number of rotatable bonds is 5. The van der Waals surface area contributed by atoms with Crippen molar-refractivity contribution in [2.24, 2.45) is 0 Å². The van der Waals surface area contributed by atoms with Crippen molar-refractivity contribution >= 4 is 34.5 Å². The van der Waals surface area contributed by atoms with E-state index in [2.05, 4.69) is 25.8 Å². The first-order valence-electron chi connectivity index (χ1n) is 11.3. The average molecular weight is 519 g/mol. The van der Waals surface area contributed by atoms with Crippen LogP contribution in [0.2, 0.25) is 0 Å². The highest BCUT2D eigenvalue weighted by molar-refractivity contribution is 6.02. The molecule has 37 heavy (non-hydrogen) atoms. The maximum atomic E-state index is 15.2. The second-order valence-electron chi connectivity index (χ2n) is 9.19. The fraction of sp³-hybridized carbons (Fsp3) is 0.304. The number of benzene rings is 1. The number of urea groups is 1. The fourth-order valence-electron chi connectivity index (χ4n) is 4.43. The molecule has 2 fully saturated rings. The summed E-state index contributed by atoms with van der Waals surface area (Å²) in [7, 11) is 0. The van der Waals surface area contributed by atoms with Gasteiger partial charge in [0.05, 0.1) is 11.1 Å². The number of nitrogen functional groups attached to an aromatic ring is 1. The van der Waals surface area contributed by atoms with E-state index in [1.165, 1.54) is 6.33 Å². The van der Waals surface area contributed by atoms with Gasteiger partial charge in [-0.2, -0.15) is 13.2 Å². The molecule has 2 saturated carbocycles. The van der Waals surface area contributed by atoms with Gasteiger partial charge in [-0.25, -0.2) is 23.5 Å². The molecule has 4 N–H and O–H groups in total. The number of nitrogens with zero attached hydrogens (tertiary/aromatic N) is 4. The Kier molecular flexibility index (Phi) is 4.94. The topological polar surface area (TPSA) is 124 Å². The normalized spacial score (nSPS) is 16.7. The molecule has 2 amide bonds. The first kappa shape index (κ1) is 23.2. The van der Waals surface area contributed by atoms with Crippen molar-refractivity contribution < 1.29 is 31.3 Å². The molecule has 4 aromatic rings. The van der Waals surface area contributed by atoms with Gasteiger partial charge in [-0.15, -0.1) is 0 Å². The Labute approximate surface area is 204 Å². The summed E-state index contributed by atoms with van der Waals surface area (Å²) < 4.78 is 76.5. The molecule has 9 nitrogen and oxygen atoms in total. The van der Waals surface area contributed by atoms with Gasteiger partial charge in [0, 0.05) is 35.5 Å². The third-order valence-electron chi connectivity index (χ3n) is 6.70. The molecule has 0 saturated heterocycles. The molecule has 0 radical (unpaired) electrons. The summed E-state index contributed by atoms with van der Waals surface area (Å²) in [5.41, 5.74) is 3.79. The van der Waals surface area contributed by atoms with Crippen LogP contribution in [0.15, 0.2) is 35.2 Å². The van der Waals surface area contributed by atoms with E-state index in [0.29, 0.717) is 16.6 Å². The number of halogens is 5. The number of alkyl halides is 3. The van der Waals surface area contributed by atoms with E-state index in [1.807, 2.05) is 4.57 Å². The van der Waals surface area contributed by atoms with E-state index in [-0.39, 0.29) is 41.8 Å². The van der Waals surface area contributed by atoms with Crippen LogP contribution in [0, 0.1) is 11.6 Å². The van der Waals surface area contributed by atoms with Crippen molar-refractivity contribution in [2.45, 2.75) is 43.3 Å². The number of amides is 2. The highest BCUT2D eigenvalue weighted by Crippen LogP contribution is 2.58. The van der Waals surface area contributed by atoms with E-state index in [4.69, 9.17) is 10.3 Å². The maximum absolute atomic E-state index is 15.2. The minimum atomic E-state index is -4.51. The number of hydrogen-bond donors (Lipinski definition) is 3. The highest BCUT2D eigenvalue weighted by atomic mass is 19.4. The van der Waals surface area contributed by atoms with Crippen molar-refractivity contribution in [1.29, 1.82) is 0 Å².